The number of nitrogens with zero attached hydrogens (tertiary/aromatic N) is 1. The maximum atomic E-state index is 13.0. The first-order chi connectivity index (χ1) is 16.3. The fourth-order valence-electron chi connectivity index (χ4n) is 3.78. The van der Waals surface area contributed by atoms with Gasteiger partial charge in [0.2, 0.25) is 11.8 Å². The van der Waals surface area contributed by atoms with Crippen LogP contribution in [0.25, 0.3) is 6.08 Å². The zero-order chi connectivity index (χ0) is 24.5. The number of carboxylic acids is 1. The average molecular weight is 465 g/mol. The van der Waals surface area contributed by atoms with Gasteiger partial charge in [0.1, 0.15) is 18.7 Å². The van der Waals surface area contributed by atoms with Gasteiger partial charge in [-0.1, -0.05) is 60.7 Å². The van der Waals surface area contributed by atoms with Gasteiger partial charge in [-0.3, -0.25) is 14.4 Å². The van der Waals surface area contributed by atoms with Gasteiger partial charge >= 0.3 is 11.9 Å². The van der Waals surface area contributed by atoms with Crippen LogP contribution in [-0.2, 0) is 30.5 Å². The Morgan fingerprint density at radius 2 is 1.74 bits per heavy atom. The van der Waals surface area contributed by atoms with Crippen LogP contribution in [0.5, 0.6) is 0 Å². The van der Waals surface area contributed by atoms with Crippen LogP contribution in [-0.4, -0.2) is 52.4 Å². The predicted molar refractivity (Wildman–Crippen MR) is 125 cm³/mol. The molecule has 2 aromatic carbocycles. The molecule has 2 aromatic rings. The highest BCUT2D eigenvalue weighted by Gasteiger charge is 2.36. The molecule has 3 rings (SSSR count). The molecule has 8 nitrogen and oxygen atoms in total. The predicted octanol–water partition coefficient (Wildman–Crippen LogP) is 2.78. The van der Waals surface area contributed by atoms with E-state index >= 15 is 0 Å². The Labute approximate surface area is 198 Å². The van der Waals surface area contributed by atoms with Crippen LogP contribution in [0.2, 0.25) is 0 Å². The van der Waals surface area contributed by atoms with E-state index in [1.54, 1.807) is 30.3 Å². The van der Waals surface area contributed by atoms with E-state index in [1.165, 1.54) is 11.8 Å². The molecule has 0 radical (unpaired) electrons. The van der Waals surface area contributed by atoms with Crippen molar-refractivity contribution in [2.45, 2.75) is 44.9 Å². The van der Waals surface area contributed by atoms with Crippen LogP contribution in [0, 0.1) is 0 Å². The number of hydrogen-bond acceptors (Lipinski definition) is 5. The topological polar surface area (TPSA) is 113 Å². The number of benzene rings is 2. The molecule has 8 heteroatoms. The van der Waals surface area contributed by atoms with Gasteiger partial charge in [-0.05, 0) is 37.0 Å². The Morgan fingerprint density at radius 3 is 2.38 bits per heavy atom. The molecule has 2 atom stereocenters. The minimum absolute atomic E-state index is 0.0837. The second-order valence-corrected chi connectivity index (χ2v) is 8.13. The third kappa shape index (κ3) is 6.78. The molecule has 1 saturated heterocycles. The summed E-state index contributed by atoms with van der Waals surface area (Å²) in [5.74, 6) is -2.70. The van der Waals surface area contributed by atoms with Gasteiger partial charge in [-0.2, -0.15) is 0 Å². The normalized spacial score (nSPS) is 16.6. The number of amides is 2. The van der Waals surface area contributed by atoms with E-state index in [4.69, 9.17) is 4.74 Å². The van der Waals surface area contributed by atoms with E-state index in [9.17, 15) is 24.3 Å². The summed E-state index contributed by atoms with van der Waals surface area (Å²) in [5.41, 5.74) is 1.68. The largest absolute Gasteiger partial charge is 0.480 e. The van der Waals surface area contributed by atoms with Gasteiger partial charge in [-0.25, -0.2) is 4.79 Å². The fourth-order valence-corrected chi connectivity index (χ4v) is 3.78. The van der Waals surface area contributed by atoms with E-state index in [1.807, 2.05) is 36.4 Å². The first-order valence-corrected chi connectivity index (χ1v) is 11.1. The first-order valence-electron chi connectivity index (χ1n) is 11.1. The molecule has 0 spiro atoms. The number of aliphatic carboxylic acids is 1. The highest BCUT2D eigenvalue weighted by molar-refractivity contribution is 6.03. The van der Waals surface area contributed by atoms with Crippen molar-refractivity contribution in [2.24, 2.45) is 0 Å². The molecular formula is C26H28N2O6. The lowest BCUT2D eigenvalue weighted by Crippen LogP contribution is -2.50. The van der Waals surface area contributed by atoms with Crippen molar-refractivity contribution in [3.05, 3.63) is 77.4 Å². The van der Waals surface area contributed by atoms with E-state index in [2.05, 4.69) is 5.32 Å². The van der Waals surface area contributed by atoms with Crippen LogP contribution in [0.15, 0.2) is 66.2 Å². The molecule has 1 aliphatic heterocycles. The second kappa shape index (κ2) is 11.8. The second-order valence-electron chi connectivity index (χ2n) is 8.13. The molecule has 1 aliphatic rings. The molecule has 1 heterocycles. The van der Waals surface area contributed by atoms with Crippen LogP contribution >= 0.6 is 0 Å². The molecule has 0 aromatic heterocycles. The summed E-state index contributed by atoms with van der Waals surface area (Å²) in [5, 5.41) is 12.0. The molecule has 2 N–H and O–H groups in total. The van der Waals surface area contributed by atoms with Crippen LogP contribution in [0.3, 0.4) is 0 Å². The third-order valence-corrected chi connectivity index (χ3v) is 5.55. The lowest BCUT2D eigenvalue weighted by molar-refractivity contribution is -0.149. The van der Waals surface area contributed by atoms with Crippen molar-refractivity contribution in [1.29, 1.82) is 0 Å². The molecule has 0 aliphatic carbocycles. The van der Waals surface area contributed by atoms with Crippen molar-refractivity contribution in [2.75, 3.05) is 6.54 Å². The molecule has 34 heavy (non-hydrogen) atoms. The molecule has 2 amide bonds. The molecule has 0 unspecified atom stereocenters. The third-order valence-electron chi connectivity index (χ3n) is 5.55. The van der Waals surface area contributed by atoms with Gasteiger partial charge in [0.25, 0.3) is 0 Å². The molecule has 178 valence electrons. The summed E-state index contributed by atoms with van der Waals surface area (Å²) in [4.78, 5) is 51.0. The van der Waals surface area contributed by atoms with Gasteiger partial charge in [-0.15, -0.1) is 0 Å². The Kier molecular flexibility index (Phi) is 8.56. The number of esters is 1. The molecule has 0 bridgehead atoms. The number of carbonyl (C=O) groups is 4. The minimum Gasteiger partial charge on any atom is -0.480 e. The van der Waals surface area contributed by atoms with Crippen molar-refractivity contribution < 1.29 is 29.0 Å². The number of likely N-dealkylation sites (tertiary alicyclic amines) is 1. The number of nitrogens with one attached hydrogen (secondary N) is 1. The number of carboxylic acid groups (broad SMARTS) is 1. The van der Waals surface area contributed by atoms with Gasteiger partial charge < -0.3 is 20.1 Å². The smallest absolute Gasteiger partial charge is 0.326 e. The van der Waals surface area contributed by atoms with Gasteiger partial charge in [0.15, 0.2) is 0 Å². The van der Waals surface area contributed by atoms with Crippen molar-refractivity contribution in [3.8, 4) is 0 Å². The van der Waals surface area contributed by atoms with Crippen LogP contribution in [0.4, 0.5) is 0 Å². The van der Waals surface area contributed by atoms with Crippen LogP contribution in [0.1, 0.15) is 37.3 Å². The zero-order valence-electron chi connectivity index (χ0n) is 19.0. The molecule has 0 saturated carbocycles. The lowest BCUT2D eigenvalue weighted by Gasteiger charge is -2.25. The maximum Gasteiger partial charge on any atom is 0.326 e. The number of ether oxygens (including phenoxy) is 1. The minimum atomic E-state index is -1.06. The van der Waals surface area contributed by atoms with Crippen molar-refractivity contribution >= 4 is 29.8 Å². The summed E-state index contributed by atoms with van der Waals surface area (Å²) >= 11 is 0. The lowest BCUT2D eigenvalue weighted by atomic mass is 10.1. The fraction of sp³-hybridized carbons (Fsp3) is 0.308. The molecule has 1 fully saturated rings. The monoisotopic (exact) mass is 464 g/mol. The first kappa shape index (κ1) is 24.7. The van der Waals surface area contributed by atoms with Gasteiger partial charge in [0.05, 0.1) is 6.42 Å². The number of carbonyl (C=O) groups excluding carboxylic acids is 3. The summed E-state index contributed by atoms with van der Waals surface area (Å²) in [6.45, 7) is 1.92. The zero-order valence-corrected chi connectivity index (χ0v) is 19.0. The van der Waals surface area contributed by atoms with E-state index in [0.29, 0.717) is 24.9 Å². The maximum absolute atomic E-state index is 13.0. The SMILES string of the molecule is C[C@H](NC(=O)/C(=C/c1ccccc1)CC(=O)OCc1ccccc1)C(=O)N1CCC[C@H]1C(=O)O. The summed E-state index contributed by atoms with van der Waals surface area (Å²) in [6.07, 6.45) is 2.27. The highest BCUT2D eigenvalue weighted by atomic mass is 16.5. The Hall–Kier alpha value is -3.94. The van der Waals surface area contributed by atoms with E-state index in [0.717, 1.165) is 5.56 Å². The van der Waals surface area contributed by atoms with E-state index in [-0.39, 0.29) is 18.6 Å². The Morgan fingerprint density at radius 1 is 1.09 bits per heavy atom. The summed E-state index contributed by atoms with van der Waals surface area (Å²) < 4.78 is 5.32. The van der Waals surface area contributed by atoms with E-state index < -0.39 is 35.8 Å². The highest BCUT2D eigenvalue weighted by Crippen LogP contribution is 2.19. The number of hydrogen-bond donors (Lipinski definition) is 2. The standard InChI is InChI=1S/C26H28N2O6/c1-18(25(31)28-14-8-13-22(28)26(32)33)27-24(30)21(15-19-9-4-2-5-10-19)16-23(29)34-17-20-11-6-3-7-12-20/h2-7,9-12,15,18,22H,8,13-14,16-17H2,1H3,(H,27,30)(H,32,33)/b21-15+/t18-,22-/m0/s1. The van der Waals surface area contributed by atoms with Crippen molar-refractivity contribution in [1.82, 2.24) is 10.2 Å². The van der Waals surface area contributed by atoms with Crippen molar-refractivity contribution in [3.63, 3.8) is 0 Å². The Bertz CT molecular complexity index is 1050. The van der Waals surface area contributed by atoms with Gasteiger partial charge in [0, 0.05) is 12.1 Å². The summed E-state index contributed by atoms with van der Waals surface area (Å²) in [6, 6.07) is 16.4. The van der Waals surface area contributed by atoms with Crippen LogP contribution < -0.4 is 5.32 Å². The average Bonchev–Trinajstić information content (AvgIpc) is 3.33. The Balaban J connectivity index is 1.69. The number of rotatable bonds is 9. The summed E-state index contributed by atoms with van der Waals surface area (Å²) in [7, 11) is 0. The molecular weight excluding hydrogens is 436 g/mol. The quantitative estimate of drug-likeness (QED) is 0.436.